The highest BCUT2D eigenvalue weighted by atomic mass is 16.5. The fraction of sp³-hybridized carbons (Fsp3) is 0.208. The second kappa shape index (κ2) is 9.78. The number of nitrogens with zero attached hydrogens (tertiary/aromatic N) is 4. The van der Waals surface area contributed by atoms with Crippen molar-refractivity contribution >= 4 is 12.1 Å². The molecule has 168 valence electrons. The third-order valence-electron chi connectivity index (χ3n) is 5.06. The molecule has 9 heteroatoms. The van der Waals surface area contributed by atoms with E-state index in [1.807, 2.05) is 26.0 Å². The lowest BCUT2D eigenvalue weighted by molar-refractivity contribution is 0.0947. The van der Waals surface area contributed by atoms with Crippen molar-refractivity contribution in [2.75, 3.05) is 6.61 Å². The van der Waals surface area contributed by atoms with E-state index in [4.69, 9.17) is 4.74 Å². The van der Waals surface area contributed by atoms with Crippen molar-refractivity contribution in [3.05, 3.63) is 80.3 Å². The van der Waals surface area contributed by atoms with Crippen LogP contribution in [0.5, 0.6) is 11.5 Å². The summed E-state index contributed by atoms with van der Waals surface area (Å²) in [5.74, 6) is -0.387. The minimum Gasteiger partial charge on any atom is -0.504 e. The van der Waals surface area contributed by atoms with E-state index in [1.165, 1.54) is 19.2 Å². The predicted molar refractivity (Wildman–Crippen MR) is 123 cm³/mol. The Morgan fingerprint density at radius 1 is 1.24 bits per heavy atom. The monoisotopic (exact) mass is 445 g/mol. The molecule has 0 aliphatic heterocycles. The third-order valence-corrected chi connectivity index (χ3v) is 5.06. The number of carbonyl (C=O) groups excluding carboxylic acids is 1. The number of hydrazone groups is 1. The highest BCUT2D eigenvalue weighted by Crippen LogP contribution is 2.26. The van der Waals surface area contributed by atoms with Crippen LogP contribution in [0.1, 0.15) is 45.2 Å². The molecule has 0 saturated heterocycles. The first-order valence-corrected chi connectivity index (χ1v) is 10.2. The number of benzene rings is 2. The maximum Gasteiger partial charge on any atom is 0.292 e. The Balaban J connectivity index is 1.94. The molecule has 0 radical (unpaired) electrons. The zero-order valence-electron chi connectivity index (χ0n) is 18.7. The van der Waals surface area contributed by atoms with Gasteiger partial charge >= 0.3 is 0 Å². The summed E-state index contributed by atoms with van der Waals surface area (Å²) in [5, 5.41) is 27.4. The van der Waals surface area contributed by atoms with Crippen LogP contribution in [0.15, 0.2) is 46.3 Å². The summed E-state index contributed by atoms with van der Waals surface area (Å²) >= 11 is 0. The van der Waals surface area contributed by atoms with E-state index in [9.17, 15) is 20.0 Å². The molecule has 2 aromatic carbocycles. The molecule has 2 N–H and O–H groups in total. The van der Waals surface area contributed by atoms with Gasteiger partial charge in [-0.1, -0.05) is 6.07 Å². The Morgan fingerprint density at radius 3 is 2.67 bits per heavy atom. The predicted octanol–water partition coefficient (Wildman–Crippen LogP) is 2.90. The number of aromatic nitrogens is 2. The van der Waals surface area contributed by atoms with Crippen molar-refractivity contribution in [3.63, 3.8) is 0 Å². The molecule has 0 spiro atoms. The Morgan fingerprint density at radius 2 is 2.00 bits per heavy atom. The number of aryl methyl sites for hydroxylation is 2. The van der Waals surface area contributed by atoms with Crippen LogP contribution in [0.4, 0.5) is 0 Å². The summed E-state index contributed by atoms with van der Waals surface area (Å²) in [6.45, 7) is 7.50. The van der Waals surface area contributed by atoms with E-state index in [0.717, 1.165) is 15.8 Å². The number of amides is 1. The number of aromatic hydroxyl groups is 1. The quantitative estimate of drug-likeness (QED) is 0.443. The Hall–Kier alpha value is -4.45. The van der Waals surface area contributed by atoms with Gasteiger partial charge in [0.25, 0.3) is 11.5 Å². The van der Waals surface area contributed by atoms with Gasteiger partial charge < -0.3 is 9.84 Å². The van der Waals surface area contributed by atoms with Gasteiger partial charge in [-0.15, -0.1) is 0 Å². The summed E-state index contributed by atoms with van der Waals surface area (Å²) in [6.07, 6.45) is 1.37. The van der Waals surface area contributed by atoms with Gasteiger partial charge in [0, 0.05) is 5.56 Å². The molecular formula is C24H23N5O4. The number of carbonyl (C=O) groups is 1. The van der Waals surface area contributed by atoms with Crippen molar-refractivity contribution < 1.29 is 14.6 Å². The molecule has 1 aromatic heterocycles. The number of hydrogen-bond donors (Lipinski definition) is 2. The first kappa shape index (κ1) is 23.2. The van der Waals surface area contributed by atoms with E-state index in [0.29, 0.717) is 23.6 Å². The standard InChI is InChI=1S/C24H23N5O4/c1-5-33-21-11-17(7-9-20(21)30)13-26-27-23(31)22-16(4)19(12-25)24(32)29(28-22)18-8-6-14(2)15(3)10-18/h6-11,13,30H,5H2,1-4H3,(H,27,31)/b26-13+. The van der Waals surface area contributed by atoms with Crippen LogP contribution in [-0.4, -0.2) is 33.6 Å². The van der Waals surface area contributed by atoms with Gasteiger partial charge in [-0.05, 0) is 74.7 Å². The first-order chi connectivity index (χ1) is 15.8. The molecule has 1 heterocycles. The van der Waals surface area contributed by atoms with Crippen molar-refractivity contribution in [3.8, 4) is 23.3 Å². The normalized spacial score (nSPS) is 10.8. The zero-order chi connectivity index (χ0) is 24.1. The van der Waals surface area contributed by atoms with E-state index in [2.05, 4.69) is 15.6 Å². The van der Waals surface area contributed by atoms with E-state index >= 15 is 0 Å². The van der Waals surface area contributed by atoms with Crippen molar-refractivity contribution in [2.24, 2.45) is 5.10 Å². The molecule has 3 aromatic rings. The van der Waals surface area contributed by atoms with Crippen LogP contribution < -0.4 is 15.7 Å². The second-order valence-electron chi connectivity index (χ2n) is 7.31. The maximum absolute atomic E-state index is 12.8. The van der Waals surface area contributed by atoms with Crippen LogP contribution >= 0.6 is 0 Å². The molecule has 9 nitrogen and oxygen atoms in total. The van der Waals surface area contributed by atoms with Gasteiger partial charge in [0.05, 0.1) is 18.5 Å². The first-order valence-electron chi connectivity index (χ1n) is 10.2. The number of rotatable bonds is 6. The van der Waals surface area contributed by atoms with Crippen LogP contribution in [-0.2, 0) is 0 Å². The zero-order valence-corrected chi connectivity index (χ0v) is 18.7. The lowest BCUT2D eigenvalue weighted by Gasteiger charge is -2.12. The van der Waals surface area contributed by atoms with Crippen molar-refractivity contribution in [1.29, 1.82) is 5.26 Å². The Bertz CT molecular complexity index is 1350. The molecule has 0 bridgehead atoms. The van der Waals surface area contributed by atoms with Crippen LogP contribution in [0.25, 0.3) is 5.69 Å². The molecule has 0 atom stereocenters. The highest BCUT2D eigenvalue weighted by molar-refractivity contribution is 5.94. The van der Waals surface area contributed by atoms with Gasteiger partial charge in [0.2, 0.25) is 0 Å². The molecule has 3 rings (SSSR count). The average molecular weight is 445 g/mol. The fourth-order valence-corrected chi connectivity index (χ4v) is 3.09. The molecule has 0 saturated carbocycles. The maximum atomic E-state index is 12.8. The summed E-state index contributed by atoms with van der Waals surface area (Å²) in [4.78, 5) is 25.6. The largest absolute Gasteiger partial charge is 0.504 e. The molecule has 0 aliphatic rings. The van der Waals surface area contributed by atoms with Gasteiger partial charge in [-0.25, -0.2) is 5.43 Å². The molecule has 0 aliphatic carbocycles. The minimum absolute atomic E-state index is 0.00417. The molecule has 0 unspecified atom stereocenters. The van der Waals surface area contributed by atoms with Gasteiger partial charge in [0.1, 0.15) is 11.6 Å². The fourth-order valence-electron chi connectivity index (χ4n) is 3.09. The lowest BCUT2D eigenvalue weighted by atomic mass is 10.1. The molecule has 1 amide bonds. The van der Waals surface area contributed by atoms with Crippen LogP contribution in [0.3, 0.4) is 0 Å². The van der Waals surface area contributed by atoms with Gasteiger partial charge in [-0.3, -0.25) is 9.59 Å². The van der Waals surface area contributed by atoms with Gasteiger partial charge in [-0.2, -0.15) is 20.1 Å². The molecular weight excluding hydrogens is 422 g/mol. The topological polar surface area (TPSA) is 130 Å². The van der Waals surface area contributed by atoms with E-state index in [1.54, 1.807) is 31.2 Å². The third kappa shape index (κ3) is 4.91. The number of hydrogen-bond acceptors (Lipinski definition) is 7. The van der Waals surface area contributed by atoms with Gasteiger partial charge in [0.15, 0.2) is 17.2 Å². The number of nitrogens with one attached hydrogen (secondary N) is 1. The molecule has 0 fully saturated rings. The SMILES string of the molecule is CCOc1cc(/C=N/NC(=O)c2nn(-c3ccc(C)c(C)c3)c(=O)c(C#N)c2C)ccc1O. The number of nitriles is 1. The average Bonchev–Trinajstić information content (AvgIpc) is 2.78. The summed E-state index contributed by atoms with van der Waals surface area (Å²) in [5.41, 5.74) is 4.67. The minimum atomic E-state index is -0.679. The van der Waals surface area contributed by atoms with Crippen molar-refractivity contribution in [2.45, 2.75) is 27.7 Å². The molecule has 33 heavy (non-hydrogen) atoms. The smallest absolute Gasteiger partial charge is 0.292 e. The lowest BCUT2D eigenvalue weighted by Crippen LogP contribution is -2.31. The summed E-state index contributed by atoms with van der Waals surface area (Å²) < 4.78 is 6.37. The Labute approximate surface area is 190 Å². The van der Waals surface area contributed by atoms with E-state index in [-0.39, 0.29) is 22.6 Å². The number of phenols is 1. The second-order valence-corrected chi connectivity index (χ2v) is 7.31. The summed E-state index contributed by atoms with van der Waals surface area (Å²) in [6, 6.07) is 11.8. The number of ether oxygens (including phenoxy) is 1. The summed E-state index contributed by atoms with van der Waals surface area (Å²) in [7, 11) is 0. The number of phenolic OH excluding ortho intramolecular Hbond substituents is 1. The van der Waals surface area contributed by atoms with E-state index < -0.39 is 11.5 Å². The highest BCUT2D eigenvalue weighted by Gasteiger charge is 2.20. The van der Waals surface area contributed by atoms with Crippen LogP contribution in [0.2, 0.25) is 0 Å². The van der Waals surface area contributed by atoms with Crippen molar-refractivity contribution in [1.82, 2.24) is 15.2 Å². The van der Waals surface area contributed by atoms with Crippen LogP contribution in [0, 0.1) is 32.1 Å². The Kier molecular flexibility index (Phi) is 6.88.